The highest BCUT2D eigenvalue weighted by Crippen LogP contribution is 2.16. The first kappa shape index (κ1) is 13.0. The van der Waals surface area contributed by atoms with Crippen LogP contribution in [0.15, 0.2) is 0 Å². The first-order valence-electron chi connectivity index (χ1n) is 6.66. The maximum Gasteiger partial charge on any atom is 0.0195 e. The van der Waals surface area contributed by atoms with Crippen LogP contribution in [0.5, 0.6) is 0 Å². The van der Waals surface area contributed by atoms with Crippen molar-refractivity contribution in [2.75, 3.05) is 19.6 Å². The predicted octanol–water partition coefficient (Wildman–Crippen LogP) is 2.49. The summed E-state index contributed by atoms with van der Waals surface area (Å²) in [5.41, 5.74) is 0. The molecule has 3 atom stereocenters. The van der Waals surface area contributed by atoms with Crippen LogP contribution in [0.25, 0.3) is 0 Å². The molecule has 1 aliphatic heterocycles. The fraction of sp³-hybridized carbons (Fsp3) is 1.00. The van der Waals surface area contributed by atoms with Crippen molar-refractivity contribution in [2.45, 2.75) is 59.0 Å². The molecule has 0 radical (unpaired) electrons. The number of nitrogens with zero attached hydrogens (tertiary/aromatic N) is 1. The SMILES string of the molecule is CCCC1CN(C(C)C(C)CC)CCN1. The van der Waals surface area contributed by atoms with Crippen LogP contribution in [0.4, 0.5) is 0 Å². The Morgan fingerprint density at radius 1 is 1.33 bits per heavy atom. The number of piperazine rings is 1. The minimum Gasteiger partial charge on any atom is -0.311 e. The lowest BCUT2D eigenvalue weighted by Crippen LogP contribution is -2.54. The van der Waals surface area contributed by atoms with Crippen molar-refractivity contribution in [3.05, 3.63) is 0 Å². The summed E-state index contributed by atoms with van der Waals surface area (Å²) in [6.07, 6.45) is 3.91. The van der Waals surface area contributed by atoms with Crippen molar-refractivity contribution in [1.82, 2.24) is 10.2 Å². The van der Waals surface area contributed by atoms with Crippen molar-refractivity contribution >= 4 is 0 Å². The van der Waals surface area contributed by atoms with E-state index in [0.29, 0.717) is 0 Å². The molecule has 1 fully saturated rings. The minimum absolute atomic E-state index is 0.732. The van der Waals surface area contributed by atoms with E-state index < -0.39 is 0 Å². The summed E-state index contributed by atoms with van der Waals surface area (Å²) in [5, 5.41) is 3.62. The third kappa shape index (κ3) is 3.76. The van der Waals surface area contributed by atoms with Crippen LogP contribution in [-0.2, 0) is 0 Å². The van der Waals surface area contributed by atoms with Crippen molar-refractivity contribution in [3.63, 3.8) is 0 Å². The van der Waals surface area contributed by atoms with Gasteiger partial charge in [-0.05, 0) is 19.3 Å². The largest absolute Gasteiger partial charge is 0.311 e. The molecule has 0 aromatic heterocycles. The molecule has 15 heavy (non-hydrogen) atoms. The summed E-state index contributed by atoms with van der Waals surface area (Å²) in [7, 11) is 0. The number of nitrogens with one attached hydrogen (secondary N) is 1. The Bertz CT molecular complexity index is 168. The van der Waals surface area contributed by atoms with Crippen molar-refractivity contribution in [2.24, 2.45) is 5.92 Å². The molecule has 1 saturated heterocycles. The van der Waals surface area contributed by atoms with E-state index in [0.717, 1.165) is 18.0 Å². The molecule has 0 spiro atoms. The molecule has 2 nitrogen and oxygen atoms in total. The minimum atomic E-state index is 0.732. The zero-order valence-electron chi connectivity index (χ0n) is 10.9. The lowest BCUT2D eigenvalue weighted by atomic mass is 9.97. The fourth-order valence-corrected chi connectivity index (χ4v) is 2.46. The Morgan fingerprint density at radius 2 is 2.07 bits per heavy atom. The van der Waals surface area contributed by atoms with E-state index in [1.54, 1.807) is 0 Å². The molecule has 3 unspecified atom stereocenters. The van der Waals surface area contributed by atoms with Crippen LogP contribution >= 0.6 is 0 Å². The summed E-state index contributed by atoms with van der Waals surface area (Å²) < 4.78 is 0. The van der Waals surface area contributed by atoms with Crippen molar-refractivity contribution < 1.29 is 0 Å². The summed E-state index contributed by atoms with van der Waals surface area (Å²) in [6.45, 7) is 13.0. The van der Waals surface area contributed by atoms with E-state index in [2.05, 4.69) is 37.9 Å². The van der Waals surface area contributed by atoms with E-state index in [-0.39, 0.29) is 0 Å². The second kappa shape index (κ2) is 6.49. The Balaban J connectivity index is 2.41. The van der Waals surface area contributed by atoms with Gasteiger partial charge in [0.25, 0.3) is 0 Å². The predicted molar refractivity (Wildman–Crippen MR) is 67.2 cm³/mol. The van der Waals surface area contributed by atoms with Gasteiger partial charge in [-0.3, -0.25) is 4.90 Å². The Kier molecular flexibility index (Phi) is 5.62. The molecule has 2 heteroatoms. The highest BCUT2D eigenvalue weighted by Gasteiger charge is 2.24. The monoisotopic (exact) mass is 212 g/mol. The van der Waals surface area contributed by atoms with Gasteiger partial charge in [-0.1, -0.05) is 33.6 Å². The second-order valence-electron chi connectivity index (χ2n) is 5.06. The molecular formula is C13H28N2. The van der Waals surface area contributed by atoms with Gasteiger partial charge in [0.1, 0.15) is 0 Å². The van der Waals surface area contributed by atoms with Gasteiger partial charge in [-0.2, -0.15) is 0 Å². The lowest BCUT2D eigenvalue weighted by molar-refractivity contribution is 0.114. The molecule has 0 saturated carbocycles. The summed E-state index contributed by atoms with van der Waals surface area (Å²) >= 11 is 0. The summed E-state index contributed by atoms with van der Waals surface area (Å²) in [6, 6.07) is 1.48. The van der Waals surface area contributed by atoms with Crippen LogP contribution in [0.1, 0.15) is 47.0 Å². The topological polar surface area (TPSA) is 15.3 Å². The van der Waals surface area contributed by atoms with E-state index in [4.69, 9.17) is 0 Å². The van der Waals surface area contributed by atoms with Gasteiger partial charge in [-0.15, -0.1) is 0 Å². The number of rotatable bonds is 5. The molecule has 1 aliphatic rings. The third-order valence-electron chi connectivity index (χ3n) is 3.97. The first-order valence-corrected chi connectivity index (χ1v) is 6.66. The van der Waals surface area contributed by atoms with Crippen LogP contribution in [0, 0.1) is 5.92 Å². The Morgan fingerprint density at radius 3 is 2.67 bits per heavy atom. The van der Waals surface area contributed by atoms with Crippen LogP contribution < -0.4 is 5.32 Å². The van der Waals surface area contributed by atoms with Crippen molar-refractivity contribution in [3.8, 4) is 0 Å². The average molecular weight is 212 g/mol. The van der Waals surface area contributed by atoms with Crippen LogP contribution in [0.3, 0.4) is 0 Å². The van der Waals surface area contributed by atoms with Gasteiger partial charge < -0.3 is 5.32 Å². The molecule has 1 N–H and O–H groups in total. The number of hydrogen-bond acceptors (Lipinski definition) is 2. The van der Waals surface area contributed by atoms with E-state index in [9.17, 15) is 0 Å². The van der Waals surface area contributed by atoms with Gasteiger partial charge in [0.15, 0.2) is 0 Å². The molecule has 0 aromatic rings. The molecule has 1 rings (SSSR count). The van der Waals surface area contributed by atoms with Gasteiger partial charge in [0.2, 0.25) is 0 Å². The molecule has 1 heterocycles. The quantitative estimate of drug-likeness (QED) is 0.753. The molecule has 0 aromatic carbocycles. The summed E-state index contributed by atoms with van der Waals surface area (Å²) in [4.78, 5) is 2.67. The van der Waals surface area contributed by atoms with Crippen molar-refractivity contribution in [1.29, 1.82) is 0 Å². The molecule has 90 valence electrons. The van der Waals surface area contributed by atoms with E-state index in [1.165, 1.54) is 38.9 Å². The van der Waals surface area contributed by atoms with E-state index >= 15 is 0 Å². The van der Waals surface area contributed by atoms with E-state index in [1.807, 2.05) is 0 Å². The molecule has 0 aliphatic carbocycles. The maximum absolute atomic E-state index is 3.62. The van der Waals surface area contributed by atoms with Gasteiger partial charge >= 0.3 is 0 Å². The zero-order valence-corrected chi connectivity index (χ0v) is 10.9. The zero-order chi connectivity index (χ0) is 11.3. The second-order valence-corrected chi connectivity index (χ2v) is 5.06. The lowest BCUT2D eigenvalue weighted by Gasteiger charge is -2.39. The van der Waals surface area contributed by atoms with Crippen LogP contribution in [0.2, 0.25) is 0 Å². The third-order valence-corrected chi connectivity index (χ3v) is 3.97. The van der Waals surface area contributed by atoms with Crippen LogP contribution in [-0.4, -0.2) is 36.6 Å². The van der Waals surface area contributed by atoms with Gasteiger partial charge in [0, 0.05) is 31.7 Å². The normalized spacial score (nSPS) is 27.6. The molecular weight excluding hydrogens is 184 g/mol. The fourth-order valence-electron chi connectivity index (χ4n) is 2.46. The van der Waals surface area contributed by atoms with Gasteiger partial charge in [0.05, 0.1) is 0 Å². The Hall–Kier alpha value is -0.0800. The number of hydrogen-bond donors (Lipinski definition) is 1. The smallest absolute Gasteiger partial charge is 0.0195 e. The highest BCUT2D eigenvalue weighted by atomic mass is 15.2. The average Bonchev–Trinajstić information content (AvgIpc) is 2.28. The Labute approximate surface area is 95.4 Å². The maximum atomic E-state index is 3.62. The standard InChI is InChI=1S/C13H28N2/c1-5-7-13-10-15(9-8-14-13)12(4)11(3)6-2/h11-14H,5-10H2,1-4H3. The molecule has 0 amide bonds. The highest BCUT2D eigenvalue weighted by molar-refractivity contribution is 4.82. The van der Waals surface area contributed by atoms with Gasteiger partial charge in [-0.25, -0.2) is 0 Å². The first-order chi connectivity index (χ1) is 7.19. The summed E-state index contributed by atoms with van der Waals surface area (Å²) in [5.74, 6) is 0.824. The molecule has 0 bridgehead atoms.